The van der Waals surface area contributed by atoms with Crippen LogP contribution >= 0.6 is 12.2 Å². The van der Waals surface area contributed by atoms with Gasteiger partial charge in [0.25, 0.3) is 0 Å². The summed E-state index contributed by atoms with van der Waals surface area (Å²) in [5.74, 6) is 0. The SMILES string of the molecule is C[C@@H](NC(=S)Nc1cccc(C(F)(F)F)c1)c1ccc(N2CCOCC2)cc1. The zero-order chi connectivity index (χ0) is 20.1. The molecule has 0 saturated carbocycles. The molecule has 0 bridgehead atoms. The van der Waals surface area contributed by atoms with Crippen molar-refractivity contribution < 1.29 is 17.9 Å². The van der Waals surface area contributed by atoms with Crippen LogP contribution in [0.15, 0.2) is 48.5 Å². The van der Waals surface area contributed by atoms with Crippen LogP contribution in [0.5, 0.6) is 0 Å². The standard InChI is InChI=1S/C20H22F3N3OS/c1-14(15-5-7-18(8-6-15)26-9-11-27-12-10-26)24-19(28)25-17-4-2-3-16(13-17)20(21,22)23/h2-8,13-14H,9-12H2,1H3,(H2,24,25,28)/t14-/m1/s1. The monoisotopic (exact) mass is 409 g/mol. The number of hydrogen-bond acceptors (Lipinski definition) is 3. The lowest BCUT2D eigenvalue weighted by molar-refractivity contribution is -0.137. The number of rotatable bonds is 4. The van der Waals surface area contributed by atoms with E-state index in [-0.39, 0.29) is 11.2 Å². The zero-order valence-electron chi connectivity index (χ0n) is 15.4. The molecule has 3 rings (SSSR count). The van der Waals surface area contributed by atoms with Crippen LogP contribution < -0.4 is 15.5 Å². The summed E-state index contributed by atoms with van der Waals surface area (Å²) in [4.78, 5) is 2.27. The second kappa shape index (κ2) is 8.79. The normalized spacial score (nSPS) is 15.8. The maximum absolute atomic E-state index is 12.8. The average Bonchev–Trinajstić information content (AvgIpc) is 2.68. The molecule has 1 aliphatic rings. The lowest BCUT2D eigenvalue weighted by Gasteiger charge is -2.29. The van der Waals surface area contributed by atoms with Crippen molar-refractivity contribution >= 4 is 28.7 Å². The van der Waals surface area contributed by atoms with Crippen molar-refractivity contribution in [3.05, 3.63) is 59.7 Å². The first-order valence-electron chi connectivity index (χ1n) is 9.00. The molecule has 0 radical (unpaired) electrons. The van der Waals surface area contributed by atoms with E-state index in [2.05, 4.69) is 27.7 Å². The molecule has 2 aromatic carbocycles. The van der Waals surface area contributed by atoms with Crippen LogP contribution in [0.25, 0.3) is 0 Å². The van der Waals surface area contributed by atoms with Crippen molar-refractivity contribution in [2.45, 2.75) is 19.1 Å². The van der Waals surface area contributed by atoms with E-state index in [4.69, 9.17) is 17.0 Å². The van der Waals surface area contributed by atoms with Crippen LogP contribution in [-0.4, -0.2) is 31.4 Å². The molecule has 0 amide bonds. The van der Waals surface area contributed by atoms with Crippen molar-refractivity contribution in [1.82, 2.24) is 5.32 Å². The van der Waals surface area contributed by atoms with Crippen molar-refractivity contribution in [2.75, 3.05) is 36.5 Å². The van der Waals surface area contributed by atoms with Crippen LogP contribution in [-0.2, 0) is 10.9 Å². The molecule has 2 N–H and O–H groups in total. The Hall–Kier alpha value is -2.32. The Morgan fingerprint density at radius 3 is 2.43 bits per heavy atom. The Morgan fingerprint density at radius 2 is 1.79 bits per heavy atom. The van der Waals surface area contributed by atoms with E-state index in [1.54, 1.807) is 6.07 Å². The van der Waals surface area contributed by atoms with Gasteiger partial charge in [0.15, 0.2) is 5.11 Å². The number of halogens is 3. The number of nitrogens with zero attached hydrogens (tertiary/aromatic N) is 1. The molecule has 2 aromatic rings. The third kappa shape index (κ3) is 5.36. The summed E-state index contributed by atoms with van der Waals surface area (Å²) >= 11 is 5.25. The highest BCUT2D eigenvalue weighted by atomic mass is 32.1. The molecule has 1 heterocycles. The molecular weight excluding hydrogens is 387 g/mol. The number of alkyl halides is 3. The van der Waals surface area contributed by atoms with Crippen molar-refractivity contribution in [3.63, 3.8) is 0 Å². The predicted molar refractivity (Wildman–Crippen MR) is 109 cm³/mol. The van der Waals surface area contributed by atoms with Gasteiger partial charge in [-0.25, -0.2) is 0 Å². The molecular formula is C20H22F3N3OS. The van der Waals surface area contributed by atoms with Gasteiger partial charge < -0.3 is 20.3 Å². The quantitative estimate of drug-likeness (QED) is 0.723. The fourth-order valence-electron chi connectivity index (χ4n) is 3.02. The first kappa shape index (κ1) is 20.4. The summed E-state index contributed by atoms with van der Waals surface area (Å²) in [6.07, 6.45) is -4.39. The largest absolute Gasteiger partial charge is 0.416 e. The van der Waals surface area contributed by atoms with E-state index in [0.717, 1.165) is 49.7 Å². The fourth-order valence-corrected chi connectivity index (χ4v) is 3.31. The van der Waals surface area contributed by atoms with Gasteiger partial charge >= 0.3 is 6.18 Å². The van der Waals surface area contributed by atoms with Gasteiger partial charge in [-0.2, -0.15) is 13.2 Å². The number of ether oxygens (including phenoxy) is 1. The summed E-state index contributed by atoms with van der Waals surface area (Å²) in [7, 11) is 0. The number of benzene rings is 2. The Balaban J connectivity index is 1.58. The molecule has 8 heteroatoms. The highest BCUT2D eigenvalue weighted by Crippen LogP contribution is 2.30. The van der Waals surface area contributed by atoms with Gasteiger partial charge in [-0.3, -0.25) is 0 Å². The van der Waals surface area contributed by atoms with Crippen LogP contribution in [0.3, 0.4) is 0 Å². The Morgan fingerprint density at radius 1 is 1.11 bits per heavy atom. The number of hydrogen-bond donors (Lipinski definition) is 2. The second-order valence-corrected chi connectivity index (χ2v) is 7.00. The number of morpholine rings is 1. The van der Waals surface area contributed by atoms with E-state index in [1.807, 2.05) is 19.1 Å². The van der Waals surface area contributed by atoms with E-state index in [1.165, 1.54) is 6.07 Å². The minimum absolute atomic E-state index is 0.0930. The van der Waals surface area contributed by atoms with Gasteiger partial charge in [-0.15, -0.1) is 0 Å². The van der Waals surface area contributed by atoms with Gasteiger partial charge in [-0.05, 0) is 55.0 Å². The van der Waals surface area contributed by atoms with Crippen LogP contribution in [0.1, 0.15) is 24.1 Å². The van der Waals surface area contributed by atoms with Gasteiger partial charge in [0.2, 0.25) is 0 Å². The Labute approximate surface area is 167 Å². The van der Waals surface area contributed by atoms with Crippen molar-refractivity contribution in [2.24, 2.45) is 0 Å². The predicted octanol–water partition coefficient (Wildman–Crippen LogP) is 4.59. The van der Waals surface area contributed by atoms with E-state index < -0.39 is 11.7 Å². The summed E-state index contributed by atoms with van der Waals surface area (Å²) in [6, 6.07) is 13.0. The maximum atomic E-state index is 12.8. The van der Waals surface area contributed by atoms with Gasteiger partial charge in [0, 0.05) is 24.5 Å². The molecule has 0 aromatic heterocycles. The molecule has 1 atom stereocenters. The first-order valence-corrected chi connectivity index (χ1v) is 9.41. The summed E-state index contributed by atoms with van der Waals surface area (Å²) in [6.45, 7) is 5.16. The molecule has 1 fully saturated rings. The minimum atomic E-state index is -4.39. The molecule has 0 unspecified atom stereocenters. The third-order valence-electron chi connectivity index (χ3n) is 4.56. The van der Waals surface area contributed by atoms with Crippen molar-refractivity contribution in [1.29, 1.82) is 0 Å². The average molecular weight is 409 g/mol. The number of nitrogens with one attached hydrogen (secondary N) is 2. The van der Waals surface area contributed by atoms with Crippen LogP contribution in [0.4, 0.5) is 24.5 Å². The smallest absolute Gasteiger partial charge is 0.378 e. The summed E-state index contributed by atoms with van der Waals surface area (Å²) in [5.41, 5.74) is 1.75. The van der Waals surface area contributed by atoms with Crippen LogP contribution in [0, 0.1) is 0 Å². The Kier molecular flexibility index (Phi) is 6.41. The second-order valence-electron chi connectivity index (χ2n) is 6.59. The number of anilines is 2. The molecule has 1 saturated heterocycles. The first-order chi connectivity index (χ1) is 13.3. The summed E-state index contributed by atoms with van der Waals surface area (Å²) in [5, 5.41) is 6.19. The van der Waals surface area contributed by atoms with Gasteiger partial charge in [-0.1, -0.05) is 18.2 Å². The maximum Gasteiger partial charge on any atom is 0.416 e. The molecule has 28 heavy (non-hydrogen) atoms. The molecule has 4 nitrogen and oxygen atoms in total. The molecule has 0 spiro atoms. The lowest BCUT2D eigenvalue weighted by atomic mass is 10.1. The van der Waals surface area contributed by atoms with Crippen LogP contribution in [0.2, 0.25) is 0 Å². The zero-order valence-corrected chi connectivity index (χ0v) is 16.2. The lowest BCUT2D eigenvalue weighted by Crippen LogP contribution is -2.36. The fraction of sp³-hybridized carbons (Fsp3) is 0.350. The molecule has 150 valence electrons. The molecule has 1 aliphatic heterocycles. The topological polar surface area (TPSA) is 36.5 Å². The Bertz CT molecular complexity index is 805. The highest BCUT2D eigenvalue weighted by Gasteiger charge is 2.30. The van der Waals surface area contributed by atoms with E-state index in [9.17, 15) is 13.2 Å². The van der Waals surface area contributed by atoms with Gasteiger partial charge in [0.05, 0.1) is 24.8 Å². The van der Waals surface area contributed by atoms with Crippen molar-refractivity contribution in [3.8, 4) is 0 Å². The van der Waals surface area contributed by atoms with E-state index in [0.29, 0.717) is 5.69 Å². The minimum Gasteiger partial charge on any atom is -0.378 e. The van der Waals surface area contributed by atoms with Gasteiger partial charge in [0.1, 0.15) is 0 Å². The molecule has 0 aliphatic carbocycles. The highest BCUT2D eigenvalue weighted by molar-refractivity contribution is 7.80. The summed E-state index contributed by atoms with van der Waals surface area (Å²) < 4.78 is 43.8. The number of thiocarbonyl (C=S) groups is 1. The third-order valence-corrected chi connectivity index (χ3v) is 4.78. The van der Waals surface area contributed by atoms with E-state index >= 15 is 0 Å².